The zero-order valence-electron chi connectivity index (χ0n) is 27.2. The number of carbonyl (C=O) groups excluding carboxylic acids is 2. The van der Waals surface area contributed by atoms with Crippen LogP contribution in [0.3, 0.4) is 0 Å². The number of rotatable bonds is 12. The summed E-state index contributed by atoms with van der Waals surface area (Å²) in [5, 5.41) is 18.7. The SMILES string of the molecule is CC1CCc2ccc(C(=O)Nc3ccn(C4O[C@H](COP(=O)(N[C@H](C)C(=O)OC(C)C)Oc5ccccc5)[C@@H](O)C4(F)F)c(=O)n3)cc2N1. The Labute approximate surface area is 280 Å². The van der Waals surface area contributed by atoms with Crippen molar-refractivity contribution in [1.82, 2.24) is 14.6 Å². The average Bonchev–Trinajstić information content (AvgIpc) is 3.27. The van der Waals surface area contributed by atoms with Gasteiger partial charge in [0.1, 0.15) is 23.7 Å². The number of esters is 1. The third kappa shape index (κ3) is 8.51. The summed E-state index contributed by atoms with van der Waals surface area (Å²) in [6.07, 6.45) is -4.36. The summed E-state index contributed by atoms with van der Waals surface area (Å²) in [4.78, 5) is 41.9. The molecule has 1 amide bonds. The number of aliphatic hydroxyl groups excluding tert-OH is 1. The normalized spacial score (nSPS) is 23.1. The van der Waals surface area contributed by atoms with Gasteiger partial charge in [0.05, 0.1) is 12.7 Å². The molecule has 1 fully saturated rings. The van der Waals surface area contributed by atoms with E-state index in [-0.39, 0.29) is 17.6 Å². The van der Waals surface area contributed by atoms with Crippen molar-refractivity contribution >= 4 is 31.1 Å². The van der Waals surface area contributed by atoms with Gasteiger partial charge >= 0.3 is 25.3 Å². The van der Waals surface area contributed by atoms with E-state index in [2.05, 4.69) is 20.7 Å². The first-order valence-corrected chi connectivity index (χ1v) is 17.2. The molecule has 264 valence electrons. The molecule has 0 spiro atoms. The van der Waals surface area contributed by atoms with E-state index in [9.17, 15) is 24.1 Å². The maximum absolute atomic E-state index is 15.3. The van der Waals surface area contributed by atoms with Crippen molar-refractivity contribution in [3.63, 3.8) is 0 Å². The Hall–Kier alpha value is -4.21. The molecule has 4 N–H and O–H groups in total. The summed E-state index contributed by atoms with van der Waals surface area (Å²) in [6, 6.07) is 13.1. The van der Waals surface area contributed by atoms with Crippen LogP contribution in [-0.4, -0.2) is 69.5 Å². The number of ether oxygens (including phenoxy) is 2. The number of para-hydroxylation sites is 1. The first-order valence-electron chi connectivity index (χ1n) is 15.6. The van der Waals surface area contributed by atoms with Gasteiger partial charge < -0.3 is 29.7 Å². The number of aryl methyl sites for hydroxylation is 1. The van der Waals surface area contributed by atoms with Gasteiger partial charge in [-0.2, -0.15) is 18.9 Å². The van der Waals surface area contributed by atoms with Gasteiger partial charge in [-0.1, -0.05) is 24.3 Å². The Kier molecular flexibility index (Phi) is 10.8. The lowest BCUT2D eigenvalue weighted by Gasteiger charge is -2.25. The highest BCUT2D eigenvalue weighted by Gasteiger charge is 2.60. The fourth-order valence-corrected chi connectivity index (χ4v) is 6.74. The van der Waals surface area contributed by atoms with Gasteiger partial charge in [0.15, 0.2) is 6.10 Å². The topological polar surface area (TPSA) is 179 Å². The molecule has 49 heavy (non-hydrogen) atoms. The number of nitrogens with zero attached hydrogens (tertiary/aromatic N) is 2. The maximum Gasteiger partial charge on any atom is 0.459 e. The minimum atomic E-state index is -4.48. The first-order chi connectivity index (χ1) is 23.1. The number of hydrogen-bond acceptors (Lipinski definition) is 11. The van der Waals surface area contributed by atoms with Gasteiger partial charge in [0.25, 0.3) is 5.91 Å². The largest absolute Gasteiger partial charge is 0.462 e. The Morgan fingerprint density at radius 3 is 2.61 bits per heavy atom. The molecule has 5 rings (SSSR count). The van der Waals surface area contributed by atoms with E-state index in [4.69, 9.17) is 18.5 Å². The molecule has 14 nitrogen and oxygen atoms in total. The molecule has 3 heterocycles. The van der Waals surface area contributed by atoms with Crippen molar-refractivity contribution in [2.45, 2.75) is 83.1 Å². The molecule has 3 unspecified atom stereocenters. The molecule has 2 aliphatic rings. The molecule has 0 aliphatic carbocycles. The number of anilines is 2. The van der Waals surface area contributed by atoms with Gasteiger partial charge in [-0.3, -0.25) is 18.7 Å². The predicted octanol–water partition coefficient (Wildman–Crippen LogP) is 4.27. The number of carbonyl (C=O) groups is 2. The molecule has 1 aromatic heterocycles. The molecule has 3 aromatic rings. The number of fused-ring (bicyclic) bond motifs is 1. The van der Waals surface area contributed by atoms with Gasteiger partial charge in [-0.15, -0.1) is 0 Å². The minimum absolute atomic E-state index is 0.0709. The van der Waals surface area contributed by atoms with Crippen molar-refractivity contribution < 1.29 is 46.6 Å². The van der Waals surface area contributed by atoms with E-state index >= 15 is 8.78 Å². The Bertz CT molecular complexity index is 1780. The van der Waals surface area contributed by atoms with Crippen LogP contribution in [-0.2, 0) is 29.8 Å². The van der Waals surface area contributed by atoms with Crippen molar-refractivity contribution in [1.29, 1.82) is 0 Å². The number of nitrogens with one attached hydrogen (secondary N) is 3. The number of aromatic nitrogens is 2. The number of benzene rings is 2. The van der Waals surface area contributed by atoms with Crippen LogP contribution in [0.2, 0.25) is 0 Å². The van der Waals surface area contributed by atoms with E-state index in [0.29, 0.717) is 10.1 Å². The summed E-state index contributed by atoms with van der Waals surface area (Å²) in [6.45, 7) is 5.72. The number of alkyl halides is 2. The molecule has 1 saturated heterocycles. The number of halogens is 2. The van der Waals surface area contributed by atoms with Crippen LogP contribution in [0.4, 0.5) is 20.3 Å². The number of hydrogen-bond donors (Lipinski definition) is 4. The van der Waals surface area contributed by atoms with Gasteiger partial charge in [0, 0.05) is 23.5 Å². The highest BCUT2D eigenvalue weighted by Crippen LogP contribution is 2.48. The molecule has 0 radical (unpaired) electrons. The summed E-state index contributed by atoms with van der Waals surface area (Å²) < 4.78 is 66.3. The van der Waals surface area contributed by atoms with E-state index in [1.165, 1.54) is 19.1 Å². The van der Waals surface area contributed by atoms with E-state index < -0.39 is 68.4 Å². The summed E-state index contributed by atoms with van der Waals surface area (Å²) in [5.74, 6) is -5.50. The Balaban J connectivity index is 1.28. The fourth-order valence-electron chi connectivity index (χ4n) is 5.24. The molecular weight excluding hydrogens is 667 g/mol. The highest BCUT2D eigenvalue weighted by molar-refractivity contribution is 7.52. The lowest BCUT2D eigenvalue weighted by atomic mass is 9.97. The molecule has 2 aliphatic heterocycles. The number of amides is 1. The van der Waals surface area contributed by atoms with Crippen LogP contribution < -0.4 is 25.9 Å². The smallest absolute Gasteiger partial charge is 0.459 e. The van der Waals surface area contributed by atoms with E-state index in [1.807, 2.05) is 13.0 Å². The van der Waals surface area contributed by atoms with Crippen molar-refractivity contribution in [2.75, 3.05) is 17.2 Å². The minimum Gasteiger partial charge on any atom is -0.462 e. The zero-order valence-corrected chi connectivity index (χ0v) is 28.1. The molecule has 6 atom stereocenters. The summed E-state index contributed by atoms with van der Waals surface area (Å²) in [7, 11) is -4.48. The zero-order chi connectivity index (χ0) is 35.5. The summed E-state index contributed by atoms with van der Waals surface area (Å²) >= 11 is 0. The molecule has 17 heteroatoms. The second kappa shape index (κ2) is 14.7. The Morgan fingerprint density at radius 1 is 1.18 bits per heavy atom. The third-order valence-corrected chi connectivity index (χ3v) is 9.40. The van der Waals surface area contributed by atoms with Crippen LogP contribution in [0, 0.1) is 0 Å². The van der Waals surface area contributed by atoms with Gasteiger partial charge in [-0.25, -0.2) is 9.36 Å². The van der Waals surface area contributed by atoms with Crippen molar-refractivity contribution in [3.8, 4) is 5.75 Å². The van der Waals surface area contributed by atoms with Crippen LogP contribution in [0.25, 0.3) is 0 Å². The van der Waals surface area contributed by atoms with Crippen LogP contribution in [0.1, 0.15) is 56.3 Å². The number of aliphatic hydroxyl groups is 1. The lowest BCUT2D eigenvalue weighted by molar-refractivity contribution is -0.149. The third-order valence-electron chi connectivity index (χ3n) is 7.76. The monoisotopic (exact) mass is 705 g/mol. The van der Waals surface area contributed by atoms with Gasteiger partial charge in [-0.05, 0) is 76.4 Å². The lowest BCUT2D eigenvalue weighted by Crippen LogP contribution is -2.42. The molecule has 0 bridgehead atoms. The molecule has 0 saturated carbocycles. The second-order valence-electron chi connectivity index (χ2n) is 12.1. The molecule has 2 aromatic carbocycles. The molecular formula is C32H38F2N5O9P. The van der Waals surface area contributed by atoms with Crippen LogP contribution in [0.15, 0.2) is 65.6 Å². The van der Waals surface area contributed by atoms with E-state index in [1.54, 1.807) is 44.2 Å². The van der Waals surface area contributed by atoms with Crippen LogP contribution >= 0.6 is 7.75 Å². The average molecular weight is 706 g/mol. The van der Waals surface area contributed by atoms with Crippen molar-refractivity contribution in [3.05, 3.63) is 82.4 Å². The fraction of sp³-hybridized carbons (Fsp3) is 0.438. The summed E-state index contributed by atoms with van der Waals surface area (Å²) in [5.41, 5.74) is 1.00. The maximum atomic E-state index is 15.3. The van der Waals surface area contributed by atoms with Gasteiger partial charge in [0.2, 0.25) is 6.23 Å². The quantitative estimate of drug-likeness (QED) is 0.156. The van der Waals surface area contributed by atoms with Crippen molar-refractivity contribution in [2.24, 2.45) is 0 Å². The highest BCUT2D eigenvalue weighted by atomic mass is 31.2. The predicted molar refractivity (Wildman–Crippen MR) is 174 cm³/mol. The first kappa shape index (κ1) is 36.1. The standard InChI is InChI=1S/C32H38F2N5O9P/c1-18(2)46-29(42)20(4)38-49(44,48-23-8-6-5-7-9-23)45-17-25-27(40)32(33,34)30(47-25)39-15-14-26(37-31(39)43)36-28(41)22-13-12-21-11-10-19(3)35-24(21)16-22/h5-9,12-16,18-20,25,27,30,35,40H,10-11,17H2,1-4H3,(H,38,44)(H,36,37,41,43)/t19?,20-,25-,27-,30?,49?/m1/s1. The second-order valence-corrected chi connectivity index (χ2v) is 13.8. The Morgan fingerprint density at radius 2 is 1.92 bits per heavy atom. The van der Waals surface area contributed by atoms with Crippen LogP contribution in [0.5, 0.6) is 5.75 Å². The van der Waals surface area contributed by atoms with E-state index in [0.717, 1.165) is 36.4 Å².